The van der Waals surface area contributed by atoms with Crippen LogP contribution in [0.1, 0.15) is 25.7 Å². The predicted octanol–water partition coefficient (Wildman–Crippen LogP) is 4.30. The first-order valence-corrected chi connectivity index (χ1v) is 11.0. The van der Waals surface area contributed by atoms with Gasteiger partial charge in [0.1, 0.15) is 5.82 Å². The second-order valence-electron chi connectivity index (χ2n) is 6.90. The van der Waals surface area contributed by atoms with Gasteiger partial charge in [-0.05, 0) is 67.6 Å². The van der Waals surface area contributed by atoms with E-state index < -0.39 is 15.8 Å². The number of carbonyl (C=O) groups excluding carboxylic acids is 1. The smallest absolute Gasteiger partial charge is 0.243 e. The number of halogens is 2. The van der Waals surface area contributed by atoms with Gasteiger partial charge in [-0.3, -0.25) is 4.79 Å². The highest BCUT2D eigenvalue weighted by Gasteiger charge is 2.29. The first-order chi connectivity index (χ1) is 13.3. The fraction of sp³-hybridized carbons (Fsp3) is 0.350. The van der Waals surface area contributed by atoms with E-state index in [9.17, 15) is 17.6 Å². The van der Waals surface area contributed by atoms with Gasteiger partial charge in [0, 0.05) is 30.2 Å². The molecule has 5 nitrogen and oxygen atoms in total. The minimum absolute atomic E-state index is 0.0800. The van der Waals surface area contributed by atoms with E-state index in [1.54, 1.807) is 24.3 Å². The molecule has 1 aliphatic rings. The van der Waals surface area contributed by atoms with E-state index in [2.05, 4.69) is 5.32 Å². The Morgan fingerprint density at radius 3 is 2.46 bits per heavy atom. The van der Waals surface area contributed by atoms with Crippen molar-refractivity contribution in [3.05, 3.63) is 59.4 Å². The third-order valence-electron chi connectivity index (χ3n) is 4.91. The van der Waals surface area contributed by atoms with Gasteiger partial charge in [-0.25, -0.2) is 12.8 Å². The maximum Gasteiger partial charge on any atom is 0.243 e. The number of carbonyl (C=O) groups is 1. The van der Waals surface area contributed by atoms with Gasteiger partial charge in [0.15, 0.2) is 0 Å². The van der Waals surface area contributed by atoms with Crippen molar-refractivity contribution in [1.82, 2.24) is 4.31 Å². The fourth-order valence-electron chi connectivity index (χ4n) is 3.32. The van der Waals surface area contributed by atoms with Crippen LogP contribution in [0.3, 0.4) is 0 Å². The van der Waals surface area contributed by atoms with Crippen molar-refractivity contribution in [2.45, 2.75) is 30.6 Å². The Hall–Kier alpha value is -1.96. The van der Waals surface area contributed by atoms with Crippen LogP contribution in [0.4, 0.5) is 10.1 Å². The SMILES string of the molecule is O=C(CCC1CCN(S(=O)(=O)c2ccc(F)cc2)CC1)Nc1cccc(Cl)c1. The van der Waals surface area contributed by atoms with Crippen LogP contribution >= 0.6 is 11.6 Å². The quantitative estimate of drug-likeness (QED) is 0.751. The summed E-state index contributed by atoms with van der Waals surface area (Å²) in [5.41, 5.74) is 0.665. The minimum atomic E-state index is -3.60. The fourth-order valence-corrected chi connectivity index (χ4v) is 4.98. The van der Waals surface area contributed by atoms with Gasteiger partial charge >= 0.3 is 0 Å². The summed E-state index contributed by atoms with van der Waals surface area (Å²) in [6.07, 6.45) is 2.48. The summed E-state index contributed by atoms with van der Waals surface area (Å²) in [4.78, 5) is 12.2. The number of amides is 1. The van der Waals surface area contributed by atoms with E-state index in [0.29, 0.717) is 55.4 Å². The molecule has 0 atom stereocenters. The van der Waals surface area contributed by atoms with Crippen molar-refractivity contribution in [1.29, 1.82) is 0 Å². The number of nitrogens with one attached hydrogen (secondary N) is 1. The molecule has 1 amide bonds. The lowest BCUT2D eigenvalue weighted by atomic mass is 9.93. The Morgan fingerprint density at radius 1 is 1.14 bits per heavy atom. The van der Waals surface area contributed by atoms with Crippen molar-refractivity contribution < 1.29 is 17.6 Å². The molecule has 0 radical (unpaired) electrons. The van der Waals surface area contributed by atoms with E-state index in [0.717, 1.165) is 12.1 Å². The maximum atomic E-state index is 13.0. The molecule has 150 valence electrons. The Kier molecular flexibility index (Phi) is 6.69. The molecule has 1 N–H and O–H groups in total. The van der Waals surface area contributed by atoms with Gasteiger partial charge in [-0.2, -0.15) is 4.31 Å². The number of anilines is 1. The van der Waals surface area contributed by atoms with Crippen LogP contribution in [0.5, 0.6) is 0 Å². The normalized spacial score (nSPS) is 16.1. The zero-order valence-corrected chi connectivity index (χ0v) is 16.8. The van der Waals surface area contributed by atoms with Crippen LogP contribution in [0.2, 0.25) is 5.02 Å². The molecule has 1 fully saturated rings. The average molecular weight is 425 g/mol. The third-order valence-corrected chi connectivity index (χ3v) is 7.06. The second kappa shape index (κ2) is 9.03. The highest BCUT2D eigenvalue weighted by atomic mass is 35.5. The summed E-state index contributed by atoms with van der Waals surface area (Å²) in [5, 5.41) is 3.38. The number of nitrogens with zero attached hydrogens (tertiary/aromatic N) is 1. The lowest BCUT2D eigenvalue weighted by Gasteiger charge is -2.31. The molecule has 1 heterocycles. The number of benzene rings is 2. The molecule has 2 aromatic carbocycles. The lowest BCUT2D eigenvalue weighted by Crippen LogP contribution is -2.38. The van der Waals surface area contributed by atoms with E-state index in [-0.39, 0.29) is 10.8 Å². The van der Waals surface area contributed by atoms with Crippen molar-refractivity contribution in [2.24, 2.45) is 5.92 Å². The molecule has 0 aromatic heterocycles. The van der Waals surface area contributed by atoms with E-state index in [1.807, 2.05) is 0 Å². The lowest BCUT2D eigenvalue weighted by molar-refractivity contribution is -0.116. The first-order valence-electron chi connectivity index (χ1n) is 9.16. The number of hydrogen-bond donors (Lipinski definition) is 1. The number of sulfonamides is 1. The first kappa shape index (κ1) is 20.8. The Balaban J connectivity index is 1.47. The zero-order chi connectivity index (χ0) is 20.1. The van der Waals surface area contributed by atoms with Crippen molar-refractivity contribution >= 4 is 33.2 Å². The van der Waals surface area contributed by atoms with Gasteiger partial charge in [-0.15, -0.1) is 0 Å². The van der Waals surface area contributed by atoms with Gasteiger partial charge in [-0.1, -0.05) is 17.7 Å². The van der Waals surface area contributed by atoms with E-state index in [4.69, 9.17) is 11.6 Å². The monoisotopic (exact) mass is 424 g/mol. The molecule has 0 aliphatic carbocycles. The molecule has 0 unspecified atom stereocenters. The summed E-state index contributed by atoms with van der Waals surface area (Å²) < 4.78 is 39.7. The topological polar surface area (TPSA) is 66.5 Å². The Bertz CT molecular complexity index is 927. The van der Waals surface area contributed by atoms with Crippen LogP contribution in [0.15, 0.2) is 53.4 Å². The number of hydrogen-bond acceptors (Lipinski definition) is 3. The van der Waals surface area contributed by atoms with Gasteiger partial charge in [0.25, 0.3) is 0 Å². The summed E-state index contributed by atoms with van der Waals surface area (Å²) in [5.74, 6) is -0.248. The molecule has 2 aromatic rings. The largest absolute Gasteiger partial charge is 0.326 e. The minimum Gasteiger partial charge on any atom is -0.326 e. The molecule has 28 heavy (non-hydrogen) atoms. The van der Waals surface area contributed by atoms with E-state index in [1.165, 1.54) is 16.4 Å². The molecule has 3 rings (SSSR count). The van der Waals surface area contributed by atoms with Crippen molar-refractivity contribution in [2.75, 3.05) is 18.4 Å². The summed E-state index contributed by atoms with van der Waals surface area (Å²) in [6, 6.07) is 11.9. The predicted molar refractivity (Wildman–Crippen MR) is 107 cm³/mol. The zero-order valence-electron chi connectivity index (χ0n) is 15.3. The molecule has 0 bridgehead atoms. The summed E-state index contributed by atoms with van der Waals surface area (Å²) >= 11 is 5.91. The van der Waals surface area contributed by atoms with Gasteiger partial charge in [0.2, 0.25) is 15.9 Å². The third kappa shape index (κ3) is 5.31. The maximum absolute atomic E-state index is 13.0. The molecule has 8 heteroatoms. The molecule has 0 saturated carbocycles. The highest BCUT2D eigenvalue weighted by molar-refractivity contribution is 7.89. The van der Waals surface area contributed by atoms with Crippen LogP contribution in [0.25, 0.3) is 0 Å². The molecule has 1 saturated heterocycles. The van der Waals surface area contributed by atoms with Crippen molar-refractivity contribution in [3.63, 3.8) is 0 Å². The summed E-state index contributed by atoms with van der Waals surface area (Å²) in [7, 11) is -3.60. The highest BCUT2D eigenvalue weighted by Crippen LogP contribution is 2.27. The summed E-state index contributed by atoms with van der Waals surface area (Å²) in [6.45, 7) is 0.806. The van der Waals surface area contributed by atoms with Crippen LogP contribution in [0, 0.1) is 11.7 Å². The van der Waals surface area contributed by atoms with Gasteiger partial charge in [0.05, 0.1) is 4.90 Å². The van der Waals surface area contributed by atoms with Crippen LogP contribution < -0.4 is 5.32 Å². The van der Waals surface area contributed by atoms with E-state index >= 15 is 0 Å². The molecular weight excluding hydrogens is 403 g/mol. The van der Waals surface area contributed by atoms with Crippen molar-refractivity contribution in [3.8, 4) is 0 Å². The standard InChI is InChI=1S/C20H22ClFN2O3S/c21-16-2-1-3-18(14-16)23-20(25)9-4-15-10-12-24(13-11-15)28(26,27)19-7-5-17(22)6-8-19/h1-3,5-8,14-15H,4,9-13H2,(H,23,25). The van der Waals surface area contributed by atoms with Crippen LogP contribution in [-0.4, -0.2) is 31.7 Å². The average Bonchev–Trinajstić information content (AvgIpc) is 2.67. The molecular formula is C20H22ClFN2O3S. The van der Waals surface area contributed by atoms with Crippen LogP contribution in [-0.2, 0) is 14.8 Å². The number of rotatable bonds is 6. The second-order valence-corrected chi connectivity index (χ2v) is 9.27. The Labute approximate surface area is 169 Å². The molecule has 0 spiro atoms. The van der Waals surface area contributed by atoms with Gasteiger partial charge < -0.3 is 5.32 Å². The Morgan fingerprint density at radius 2 is 1.82 bits per heavy atom. The molecule has 1 aliphatic heterocycles. The number of piperidine rings is 1.